The molecule has 0 radical (unpaired) electrons. The summed E-state index contributed by atoms with van der Waals surface area (Å²) in [6, 6.07) is 19.5. The summed E-state index contributed by atoms with van der Waals surface area (Å²) in [5.74, 6) is 0. The van der Waals surface area contributed by atoms with Crippen LogP contribution >= 0.6 is 0 Å². The van der Waals surface area contributed by atoms with Gasteiger partial charge in [-0.3, -0.25) is 4.90 Å². The van der Waals surface area contributed by atoms with Crippen LogP contribution in [0.1, 0.15) is 42.6 Å². The van der Waals surface area contributed by atoms with Gasteiger partial charge in [0.2, 0.25) is 0 Å². The van der Waals surface area contributed by atoms with Gasteiger partial charge in [-0.15, -0.1) is 0 Å². The Balaban J connectivity index is 1.92. The van der Waals surface area contributed by atoms with E-state index in [9.17, 15) is 0 Å². The quantitative estimate of drug-likeness (QED) is 0.769. The summed E-state index contributed by atoms with van der Waals surface area (Å²) in [6.07, 6.45) is 2.63. The second-order valence-electron chi connectivity index (χ2n) is 5.76. The van der Waals surface area contributed by atoms with Crippen molar-refractivity contribution < 1.29 is 4.39 Å². The normalized spacial score (nSPS) is 19.1. The minimum absolute atomic E-state index is 0.172. The van der Waals surface area contributed by atoms with E-state index in [0.29, 0.717) is 0 Å². The van der Waals surface area contributed by atoms with Crippen LogP contribution in [-0.4, -0.2) is 18.0 Å². The van der Waals surface area contributed by atoms with Gasteiger partial charge in [0.15, 0.2) is 0 Å². The molecule has 0 N–H and O–H groups in total. The largest absolute Gasteiger partial charge is 0.293 e. The van der Waals surface area contributed by atoms with Crippen LogP contribution in [0.3, 0.4) is 0 Å². The standard InChI is InChI=1S/C19H22FN/c20-18(16-10-4-1-5-11-16)19(17-12-6-2-7-13-17)21-14-8-3-9-15-21/h1-2,4-7,10-13,18-19H,3,8-9,14-15H2/t18-,19-/m0/s1. The van der Waals surface area contributed by atoms with Crippen LogP contribution in [-0.2, 0) is 0 Å². The first-order valence-electron chi connectivity index (χ1n) is 7.84. The molecule has 0 spiro atoms. The van der Waals surface area contributed by atoms with Crippen LogP contribution in [0.2, 0.25) is 0 Å². The highest BCUT2D eigenvalue weighted by Crippen LogP contribution is 2.38. The van der Waals surface area contributed by atoms with E-state index < -0.39 is 6.17 Å². The number of hydrogen-bond acceptors (Lipinski definition) is 1. The van der Waals surface area contributed by atoms with E-state index in [1.165, 1.54) is 19.3 Å². The topological polar surface area (TPSA) is 3.24 Å². The summed E-state index contributed by atoms with van der Waals surface area (Å²) in [5.41, 5.74) is 1.85. The summed E-state index contributed by atoms with van der Waals surface area (Å²) < 4.78 is 15.2. The molecule has 2 aromatic carbocycles. The fraction of sp³-hybridized carbons (Fsp3) is 0.368. The number of halogens is 1. The van der Waals surface area contributed by atoms with Crippen LogP contribution in [0.15, 0.2) is 60.7 Å². The van der Waals surface area contributed by atoms with Crippen molar-refractivity contribution in [1.29, 1.82) is 0 Å². The van der Waals surface area contributed by atoms with Crippen LogP contribution < -0.4 is 0 Å². The van der Waals surface area contributed by atoms with Gasteiger partial charge in [-0.2, -0.15) is 0 Å². The number of rotatable bonds is 4. The molecule has 0 amide bonds. The molecule has 0 unspecified atom stereocenters. The molecule has 21 heavy (non-hydrogen) atoms. The SMILES string of the molecule is F[C@@H](c1ccccc1)[C@H](c1ccccc1)N1CCCCC1. The lowest BCUT2D eigenvalue weighted by Gasteiger charge is -2.36. The fourth-order valence-corrected chi connectivity index (χ4v) is 3.23. The maximum atomic E-state index is 15.2. The van der Waals surface area contributed by atoms with Gasteiger partial charge in [0, 0.05) is 0 Å². The molecule has 0 saturated carbocycles. The van der Waals surface area contributed by atoms with Gasteiger partial charge < -0.3 is 0 Å². The van der Waals surface area contributed by atoms with Crippen molar-refractivity contribution in [2.24, 2.45) is 0 Å². The van der Waals surface area contributed by atoms with Crippen molar-refractivity contribution in [2.45, 2.75) is 31.5 Å². The van der Waals surface area contributed by atoms with Gasteiger partial charge in [-0.1, -0.05) is 67.1 Å². The number of hydrogen-bond donors (Lipinski definition) is 0. The van der Waals surface area contributed by atoms with Gasteiger partial charge in [-0.25, -0.2) is 4.39 Å². The highest BCUT2D eigenvalue weighted by molar-refractivity contribution is 5.26. The van der Waals surface area contributed by atoms with Crippen LogP contribution in [0, 0.1) is 0 Å². The molecule has 2 aromatic rings. The van der Waals surface area contributed by atoms with Crippen molar-refractivity contribution in [2.75, 3.05) is 13.1 Å². The maximum absolute atomic E-state index is 15.2. The van der Waals surface area contributed by atoms with Gasteiger partial charge in [0.1, 0.15) is 6.17 Å². The summed E-state index contributed by atoms with van der Waals surface area (Å²) in [7, 11) is 0. The van der Waals surface area contributed by atoms with Crippen LogP contribution in [0.25, 0.3) is 0 Å². The van der Waals surface area contributed by atoms with Gasteiger partial charge >= 0.3 is 0 Å². The first-order chi connectivity index (χ1) is 10.4. The zero-order valence-corrected chi connectivity index (χ0v) is 12.3. The second kappa shape index (κ2) is 6.86. The predicted molar refractivity (Wildman–Crippen MR) is 84.9 cm³/mol. The molecule has 1 saturated heterocycles. The molecule has 0 aliphatic carbocycles. The molecular formula is C19H22FN. The minimum Gasteiger partial charge on any atom is -0.293 e. The average molecular weight is 283 g/mol. The summed E-state index contributed by atoms with van der Waals surface area (Å²) in [6.45, 7) is 1.99. The highest BCUT2D eigenvalue weighted by Gasteiger charge is 2.30. The second-order valence-corrected chi connectivity index (χ2v) is 5.76. The molecule has 1 aliphatic heterocycles. The van der Waals surface area contributed by atoms with E-state index in [4.69, 9.17) is 0 Å². The third-order valence-corrected chi connectivity index (χ3v) is 4.32. The molecule has 3 rings (SSSR count). The lowest BCUT2D eigenvalue weighted by molar-refractivity contribution is 0.0906. The van der Waals surface area contributed by atoms with E-state index in [-0.39, 0.29) is 6.04 Å². The lowest BCUT2D eigenvalue weighted by atomic mass is 9.94. The molecular weight excluding hydrogens is 261 g/mol. The van der Waals surface area contributed by atoms with Gasteiger partial charge in [0.25, 0.3) is 0 Å². The van der Waals surface area contributed by atoms with E-state index in [1.54, 1.807) is 0 Å². The van der Waals surface area contributed by atoms with E-state index >= 15 is 4.39 Å². The fourth-order valence-electron chi connectivity index (χ4n) is 3.23. The Bertz CT molecular complexity index is 534. The third kappa shape index (κ3) is 3.33. The molecule has 0 bridgehead atoms. The molecule has 0 aromatic heterocycles. The summed E-state index contributed by atoms with van der Waals surface area (Å²) >= 11 is 0. The van der Waals surface area contributed by atoms with Gasteiger partial charge in [-0.05, 0) is 37.1 Å². The first kappa shape index (κ1) is 14.3. The van der Waals surface area contributed by atoms with Crippen LogP contribution in [0.5, 0.6) is 0 Å². The monoisotopic (exact) mass is 283 g/mol. The number of alkyl halides is 1. The van der Waals surface area contributed by atoms with Crippen molar-refractivity contribution in [1.82, 2.24) is 4.90 Å². The molecule has 1 nitrogen and oxygen atoms in total. The molecule has 2 atom stereocenters. The van der Waals surface area contributed by atoms with E-state index in [2.05, 4.69) is 17.0 Å². The zero-order valence-electron chi connectivity index (χ0n) is 12.3. The van der Waals surface area contributed by atoms with E-state index in [0.717, 1.165) is 24.2 Å². The van der Waals surface area contributed by atoms with Crippen molar-refractivity contribution in [3.8, 4) is 0 Å². The Labute approximate surface area is 126 Å². The predicted octanol–water partition coefficient (Wildman–Crippen LogP) is 4.92. The van der Waals surface area contributed by atoms with Crippen LogP contribution in [0.4, 0.5) is 4.39 Å². The lowest BCUT2D eigenvalue weighted by Crippen LogP contribution is -2.36. The maximum Gasteiger partial charge on any atom is 0.145 e. The third-order valence-electron chi connectivity index (χ3n) is 4.32. The van der Waals surface area contributed by atoms with Crippen molar-refractivity contribution in [3.63, 3.8) is 0 Å². The molecule has 1 aliphatic rings. The zero-order chi connectivity index (χ0) is 14.5. The molecule has 1 heterocycles. The Kier molecular flexibility index (Phi) is 4.66. The van der Waals surface area contributed by atoms with Crippen molar-refractivity contribution in [3.05, 3.63) is 71.8 Å². The Morgan fingerprint density at radius 2 is 1.24 bits per heavy atom. The molecule has 1 fully saturated rings. The Morgan fingerprint density at radius 3 is 1.81 bits per heavy atom. The summed E-state index contributed by atoms with van der Waals surface area (Å²) in [4.78, 5) is 2.32. The molecule has 110 valence electrons. The first-order valence-corrected chi connectivity index (χ1v) is 7.84. The summed E-state index contributed by atoms with van der Waals surface area (Å²) in [5, 5.41) is 0. The Morgan fingerprint density at radius 1 is 0.714 bits per heavy atom. The average Bonchev–Trinajstić information content (AvgIpc) is 2.58. The van der Waals surface area contributed by atoms with Gasteiger partial charge in [0.05, 0.1) is 6.04 Å². The molecule has 2 heteroatoms. The Hall–Kier alpha value is -1.67. The highest BCUT2D eigenvalue weighted by atomic mass is 19.1. The van der Waals surface area contributed by atoms with E-state index in [1.807, 2.05) is 48.5 Å². The number of likely N-dealkylation sites (tertiary alicyclic amines) is 1. The van der Waals surface area contributed by atoms with Crippen molar-refractivity contribution >= 4 is 0 Å². The minimum atomic E-state index is -0.980. The number of benzene rings is 2. The number of piperidine rings is 1. The number of nitrogens with zero attached hydrogens (tertiary/aromatic N) is 1. The smallest absolute Gasteiger partial charge is 0.145 e.